The maximum atomic E-state index is 12.2. The van der Waals surface area contributed by atoms with Crippen molar-refractivity contribution in [2.75, 3.05) is 7.11 Å². The van der Waals surface area contributed by atoms with Gasteiger partial charge in [-0.05, 0) is 12.5 Å². The molecule has 0 aliphatic heterocycles. The molecule has 0 unspecified atom stereocenters. The number of ketones is 1. The fraction of sp³-hybridized carbons (Fsp3) is 0.267. The van der Waals surface area contributed by atoms with E-state index in [0.717, 1.165) is 0 Å². The Hall–Kier alpha value is -1.63. The Labute approximate surface area is 148 Å². The van der Waals surface area contributed by atoms with E-state index in [1.807, 2.05) is 0 Å². The largest absolute Gasteiger partial charge is 1.00 e. The fourth-order valence-corrected chi connectivity index (χ4v) is 1.98. The summed E-state index contributed by atoms with van der Waals surface area (Å²) in [7, 11) is 1.25. The molecule has 0 saturated carbocycles. The SMILES string of the molecule is COC(=O)CCCC(=O)c1c([O-])c2ccccc2oc1=O.[Na+]. The van der Waals surface area contributed by atoms with Gasteiger partial charge in [0.05, 0.1) is 12.7 Å². The average Bonchev–Trinajstić information content (AvgIpc) is 2.47. The van der Waals surface area contributed by atoms with E-state index in [2.05, 4.69) is 4.74 Å². The molecule has 0 bridgehead atoms. The Kier molecular flexibility index (Phi) is 6.80. The second-order valence-corrected chi connectivity index (χ2v) is 4.44. The van der Waals surface area contributed by atoms with Crippen molar-refractivity contribution >= 4 is 22.7 Å². The number of carbonyl (C=O) groups is 2. The fourth-order valence-electron chi connectivity index (χ4n) is 1.98. The van der Waals surface area contributed by atoms with Gasteiger partial charge in [-0.1, -0.05) is 23.9 Å². The molecule has 0 spiro atoms. The molecule has 0 aliphatic carbocycles. The van der Waals surface area contributed by atoms with Crippen LogP contribution in [0.15, 0.2) is 33.5 Å². The molecule has 0 amide bonds. The van der Waals surface area contributed by atoms with Crippen LogP contribution in [0.25, 0.3) is 11.0 Å². The summed E-state index contributed by atoms with van der Waals surface area (Å²) < 4.78 is 9.43. The van der Waals surface area contributed by atoms with Crippen molar-refractivity contribution in [3.05, 3.63) is 40.2 Å². The van der Waals surface area contributed by atoms with Gasteiger partial charge < -0.3 is 14.3 Å². The molecule has 0 N–H and O–H groups in total. The first-order chi connectivity index (χ1) is 10.0. The number of rotatable bonds is 5. The third kappa shape index (κ3) is 3.97. The number of para-hydroxylation sites is 1. The summed E-state index contributed by atoms with van der Waals surface area (Å²) in [6.45, 7) is 0. The first-order valence-electron chi connectivity index (χ1n) is 6.37. The van der Waals surface area contributed by atoms with Crippen LogP contribution in [-0.4, -0.2) is 18.9 Å². The van der Waals surface area contributed by atoms with Crippen molar-refractivity contribution in [1.82, 2.24) is 0 Å². The Balaban J connectivity index is 0.00000242. The van der Waals surface area contributed by atoms with E-state index >= 15 is 0 Å². The molecule has 0 fully saturated rings. The molecule has 0 radical (unpaired) electrons. The van der Waals surface area contributed by atoms with Crippen molar-refractivity contribution < 1.29 is 53.4 Å². The van der Waals surface area contributed by atoms with E-state index in [1.165, 1.54) is 19.2 Å². The predicted octanol–water partition coefficient (Wildman–Crippen LogP) is -1.60. The van der Waals surface area contributed by atoms with Crippen LogP contribution in [0.2, 0.25) is 0 Å². The quantitative estimate of drug-likeness (QED) is 0.285. The summed E-state index contributed by atoms with van der Waals surface area (Å²) in [5.74, 6) is -1.70. The van der Waals surface area contributed by atoms with E-state index < -0.39 is 28.7 Å². The molecule has 1 heterocycles. The molecule has 2 aromatic rings. The van der Waals surface area contributed by atoms with Gasteiger partial charge in [-0.15, -0.1) is 0 Å². The molecule has 110 valence electrons. The van der Waals surface area contributed by atoms with Gasteiger partial charge in [0.15, 0.2) is 5.78 Å². The zero-order chi connectivity index (χ0) is 15.4. The zero-order valence-corrected chi connectivity index (χ0v) is 14.4. The normalized spacial score (nSPS) is 10.0. The van der Waals surface area contributed by atoms with Crippen LogP contribution in [0.4, 0.5) is 0 Å². The summed E-state index contributed by atoms with van der Waals surface area (Å²) in [6.07, 6.45) is 0.167. The van der Waals surface area contributed by atoms with Gasteiger partial charge in [0, 0.05) is 18.2 Å². The minimum absolute atomic E-state index is 0. The van der Waals surface area contributed by atoms with E-state index in [-0.39, 0.29) is 59.8 Å². The first-order valence-corrected chi connectivity index (χ1v) is 6.37. The first kappa shape index (κ1) is 18.4. The van der Waals surface area contributed by atoms with Gasteiger partial charge in [-0.25, -0.2) is 4.79 Å². The third-order valence-corrected chi connectivity index (χ3v) is 3.06. The summed E-state index contributed by atoms with van der Waals surface area (Å²) >= 11 is 0. The van der Waals surface area contributed by atoms with Gasteiger partial charge in [-0.3, -0.25) is 9.59 Å². The molecular weight excluding hydrogens is 299 g/mol. The molecule has 2 rings (SSSR count). The summed E-state index contributed by atoms with van der Waals surface area (Å²) in [5.41, 5.74) is -1.28. The summed E-state index contributed by atoms with van der Waals surface area (Å²) in [4.78, 5) is 34.7. The Morgan fingerprint density at radius 3 is 2.59 bits per heavy atom. The third-order valence-electron chi connectivity index (χ3n) is 3.06. The van der Waals surface area contributed by atoms with Crippen LogP contribution < -0.4 is 40.3 Å². The molecule has 0 saturated heterocycles. The molecule has 6 nitrogen and oxygen atoms in total. The maximum Gasteiger partial charge on any atom is 1.00 e. The van der Waals surface area contributed by atoms with E-state index in [4.69, 9.17) is 4.42 Å². The number of Topliss-reactive ketones (excluding diaryl/α,β-unsaturated/α-hetero) is 1. The van der Waals surface area contributed by atoms with Crippen molar-refractivity contribution in [2.45, 2.75) is 19.3 Å². The van der Waals surface area contributed by atoms with Gasteiger partial charge in [0.1, 0.15) is 5.58 Å². The molecule has 1 aromatic heterocycles. The van der Waals surface area contributed by atoms with Crippen LogP contribution in [0.5, 0.6) is 5.75 Å². The second kappa shape index (κ2) is 8.12. The standard InChI is InChI=1S/C15H14O6.Na/c1-20-12(17)8-4-6-10(16)13-14(18)9-5-2-3-7-11(9)21-15(13)19;/h2-3,5,7,18H,4,6,8H2,1H3;/q;+1/p-1. The van der Waals surface area contributed by atoms with E-state index in [0.29, 0.717) is 0 Å². The van der Waals surface area contributed by atoms with Crippen molar-refractivity contribution in [1.29, 1.82) is 0 Å². The van der Waals surface area contributed by atoms with Crippen molar-refractivity contribution in [3.63, 3.8) is 0 Å². The molecule has 1 aromatic carbocycles. The molecule has 0 aliphatic rings. The number of carbonyl (C=O) groups excluding carboxylic acids is 2. The van der Waals surface area contributed by atoms with Gasteiger partial charge in [0.25, 0.3) is 0 Å². The van der Waals surface area contributed by atoms with E-state index in [1.54, 1.807) is 12.1 Å². The molecule has 7 heteroatoms. The number of hydrogen-bond donors (Lipinski definition) is 0. The minimum Gasteiger partial charge on any atom is -0.871 e. The second-order valence-electron chi connectivity index (χ2n) is 4.44. The van der Waals surface area contributed by atoms with E-state index in [9.17, 15) is 19.5 Å². The van der Waals surface area contributed by atoms with Gasteiger partial charge in [-0.2, -0.15) is 0 Å². The molecular formula is C15H13NaO6. The summed E-state index contributed by atoms with van der Waals surface area (Å²) in [6, 6.07) is 6.23. The van der Waals surface area contributed by atoms with Crippen LogP contribution in [0, 0.1) is 0 Å². The number of ether oxygens (including phenoxy) is 1. The zero-order valence-electron chi connectivity index (χ0n) is 12.4. The Morgan fingerprint density at radius 1 is 1.23 bits per heavy atom. The van der Waals surface area contributed by atoms with Gasteiger partial charge >= 0.3 is 41.2 Å². The monoisotopic (exact) mass is 312 g/mol. The Bertz CT molecular complexity index is 749. The number of esters is 1. The van der Waals surface area contributed by atoms with Crippen LogP contribution in [0.3, 0.4) is 0 Å². The number of hydrogen-bond acceptors (Lipinski definition) is 6. The summed E-state index contributed by atoms with van der Waals surface area (Å²) in [5, 5.41) is 12.4. The average molecular weight is 312 g/mol. The van der Waals surface area contributed by atoms with Crippen LogP contribution >= 0.6 is 0 Å². The van der Waals surface area contributed by atoms with Crippen LogP contribution in [-0.2, 0) is 9.53 Å². The molecule has 22 heavy (non-hydrogen) atoms. The van der Waals surface area contributed by atoms with Gasteiger partial charge in [0.2, 0.25) is 0 Å². The van der Waals surface area contributed by atoms with Crippen LogP contribution in [0.1, 0.15) is 29.6 Å². The number of methoxy groups -OCH3 is 1. The predicted molar refractivity (Wildman–Crippen MR) is 72.1 cm³/mol. The maximum absolute atomic E-state index is 12.2. The number of fused-ring (bicyclic) bond motifs is 1. The molecule has 0 atom stereocenters. The number of benzene rings is 1. The minimum atomic E-state index is -0.943. The Morgan fingerprint density at radius 2 is 1.91 bits per heavy atom. The smallest absolute Gasteiger partial charge is 0.871 e. The topological polar surface area (TPSA) is 96.6 Å². The van der Waals surface area contributed by atoms with Crippen molar-refractivity contribution in [2.24, 2.45) is 0 Å². The van der Waals surface area contributed by atoms with Crippen molar-refractivity contribution in [3.8, 4) is 5.75 Å².